The van der Waals surface area contributed by atoms with E-state index in [1.165, 1.54) is 0 Å². The number of para-hydroxylation sites is 2. The molecule has 0 saturated heterocycles. The van der Waals surface area contributed by atoms with E-state index in [1.807, 2.05) is 69.3 Å². The highest BCUT2D eigenvalue weighted by Gasteiger charge is 2.13. The summed E-state index contributed by atoms with van der Waals surface area (Å²) >= 11 is 0. The number of aryl methyl sites for hydroxylation is 1. The van der Waals surface area contributed by atoms with E-state index in [-0.39, 0.29) is 6.10 Å². The zero-order valence-electron chi connectivity index (χ0n) is 16.7. The van der Waals surface area contributed by atoms with Crippen molar-refractivity contribution in [2.24, 2.45) is 0 Å². The molecule has 0 aliphatic carbocycles. The van der Waals surface area contributed by atoms with Crippen LogP contribution >= 0.6 is 0 Å². The fourth-order valence-electron chi connectivity index (χ4n) is 3.00. The van der Waals surface area contributed by atoms with Gasteiger partial charge in [-0.05, 0) is 45.0 Å². The highest BCUT2D eigenvalue weighted by Crippen LogP contribution is 2.33. The second-order valence-electron chi connectivity index (χ2n) is 6.99. The lowest BCUT2D eigenvalue weighted by Gasteiger charge is -2.19. The molecule has 1 aromatic heterocycles. The van der Waals surface area contributed by atoms with Gasteiger partial charge in [0.2, 0.25) is 5.95 Å². The number of anilines is 4. The molecular formula is C22H24N4O3. The maximum Gasteiger partial charge on any atom is 0.229 e. The predicted molar refractivity (Wildman–Crippen MR) is 113 cm³/mol. The van der Waals surface area contributed by atoms with Crippen LogP contribution in [0.3, 0.4) is 0 Å². The minimum atomic E-state index is 0.0810. The van der Waals surface area contributed by atoms with Crippen molar-refractivity contribution in [1.29, 1.82) is 0 Å². The molecule has 0 unspecified atom stereocenters. The molecule has 0 amide bonds. The quantitative estimate of drug-likeness (QED) is 0.622. The molecule has 29 heavy (non-hydrogen) atoms. The van der Waals surface area contributed by atoms with Crippen LogP contribution in [0, 0.1) is 6.92 Å². The van der Waals surface area contributed by atoms with Crippen LogP contribution in [0.25, 0.3) is 0 Å². The number of ether oxygens (including phenoxy) is 3. The molecule has 0 spiro atoms. The molecule has 0 bridgehead atoms. The van der Waals surface area contributed by atoms with E-state index < -0.39 is 0 Å². The van der Waals surface area contributed by atoms with E-state index in [4.69, 9.17) is 14.2 Å². The average Bonchev–Trinajstić information content (AvgIpc) is 2.68. The van der Waals surface area contributed by atoms with Crippen LogP contribution in [-0.4, -0.2) is 29.3 Å². The van der Waals surface area contributed by atoms with Crippen LogP contribution in [0.1, 0.15) is 19.5 Å². The first kappa shape index (κ1) is 18.9. The molecule has 1 aliphatic rings. The van der Waals surface area contributed by atoms with Gasteiger partial charge in [-0.3, -0.25) is 0 Å². The topological polar surface area (TPSA) is 77.5 Å². The lowest BCUT2D eigenvalue weighted by atomic mass is 10.2. The lowest BCUT2D eigenvalue weighted by molar-refractivity contribution is 0.171. The van der Waals surface area contributed by atoms with Crippen molar-refractivity contribution in [3.63, 3.8) is 0 Å². The first-order valence-corrected chi connectivity index (χ1v) is 9.62. The van der Waals surface area contributed by atoms with Crippen LogP contribution in [0.2, 0.25) is 0 Å². The molecule has 2 heterocycles. The third-order valence-corrected chi connectivity index (χ3v) is 4.17. The lowest BCUT2D eigenvalue weighted by Crippen LogP contribution is -2.15. The van der Waals surface area contributed by atoms with Crippen molar-refractivity contribution in [3.05, 3.63) is 54.2 Å². The number of hydrogen-bond donors (Lipinski definition) is 2. The summed E-state index contributed by atoms with van der Waals surface area (Å²) < 4.78 is 17.1. The summed E-state index contributed by atoms with van der Waals surface area (Å²) in [6.45, 7) is 7.04. The second-order valence-corrected chi connectivity index (χ2v) is 6.99. The van der Waals surface area contributed by atoms with Gasteiger partial charge in [0.05, 0.1) is 11.8 Å². The molecule has 2 aromatic carbocycles. The Bertz CT molecular complexity index is 1010. The monoisotopic (exact) mass is 392 g/mol. The second kappa shape index (κ2) is 8.26. The van der Waals surface area contributed by atoms with Gasteiger partial charge < -0.3 is 24.8 Å². The van der Waals surface area contributed by atoms with E-state index in [2.05, 4.69) is 20.6 Å². The largest absolute Gasteiger partial charge is 0.489 e. The van der Waals surface area contributed by atoms with E-state index in [9.17, 15) is 0 Å². The Kier molecular flexibility index (Phi) is 5.37. The summed E-state index contributed by atoms with van der Waals surface area (Å²) in [6, 6.07) is 15.4. The van der Waals surface area contributed by atoms with Gasteiger partial charge in [-0.2, -0.15) is 4.98 Å². The van der Waals surface area contributed by atoms with Crippen molar-refractivity contribution >= 4 is 23.1 Å². The van der Waals surface area contributed by atoms with Gasteiger partial charge in [-0.1, -0.05) is 12.1 Å². The molecule has 0 saturated carbocycles. The highest BCUT2D eigenvalue weighted by molar-refractivity contribution is 5.66. The molecule has 4 rings (SSSR count). The van der Waals surface area contributed by atoms with E-state index in [1.54, 1.807) is 0 Å². The molecule has 1 aliphatic heterocycles. The Balaban J connectivity index is 1.56. The molecule has 7 heteroatoms. The molecule has 0 fully saturated rings. The Hall–Kier alpha value is -3.48. The smallest absolute Gasteiger partial charge is 0.229 e. The summed E-state index contributed by atoms with van der Waals surface area (Å²) in [5.41, 5.74) is 2.52. The van der Waals surface area contributed by atoms with Gasteiger partial charge in [0.25, 0.3) is 0 Å². The van der Waals surface area contributed by atoms with Crippen LogP contribution in [0.15, 0.2) is 48.5 Å². The van der Waals surface area contributed by atoms with Crippen LogP contribution in [0.5, 0.6) is 17.2 Å². The first-order valence-electron chi connectivity index (χ1n) is 9.62. The summed E-state index contributed by atoms with van der Waals surface area (Å²) in [7, 11) is 0. The Morgan fingerprint density at radius 3 is 2.55 bits per heavy atom. The fourth-order valence-corrected chi connectivity index (χ4v) is 3.00. The number of aromatic nitrogens is 2. The number of nitrogens with zero attached hydrogens (tertiary/aromatic N) is 2. The summed E-state index contributed by atoms with van der Waals surface area (Å²) in [6.07, 6.45) is 0.0810. The number of benzene rings is 2. The zero-order valence-corrected chi connectivity index (χ0v) is 16.7. The standard InChI is InChI=1S/C22H24N4O3/c1-14(2)29-18-7-5-4-6-17(18)25-21-12-15(3)23-22(26-21)24-16-8-9-19-20(13-16)28-11-10-27-19/h4-9,12-14H,10-11H2,1-3H3,(H2,23,24,25,26). The minimum Gasteiger partial charge on any atom is -0.489 e. The van der Waals surface area contributed by atoms with E-state index in [0.717, 1.165) is 28.6 Å². The summed E-state index contributed by atoms with van der Waals surface area (Å²) in [4.78, 5) is 9.08. The minimum absolute atomic E-state index is 0.0810. The summed E-state index contributed by atoms with van der Waals surface area (Å²) in [5, 5.41) is 6.57. The molecule has 7 nitrogen and oxygen atoms in total. The normalized spacial score (nSPS) is 12.6. The van der Waals surface area contributed by atoms with Gasteiger partial charge in [-0.15, -0.1) is 0 Å². The third kappa shape index (κ3) is 4.68. The van der Waals surface area contributed by atoms with Crippen molar-refractivity contribution in [2.75, 3.05) is 23.8 Å². The Labute approximate surface area is 170 Å². The SMILES string of the molecule is Cc1cc(Nc2ccccc2OC(C)C)nc(Nc2ccc3c(c2)OCCO3)n1. The maximum atomic E-state index is 5.88. The first-order chi connectivity index (χ1) is 14.1. The van der Waals surface area contributed by atoms with Crippen molar-refractivity contribution < 1.29 is 14.2 Å². The number of hydrogen-bond acceptors (Lipinski definition) is 7. The summed E-state index contributed by atoms with van der Waals surface area (Å²) in [5.74, 6) is 3.41. The number of nitrogens with one attached hydrogen (secondary N) is 2. The van der Waals surface area contributed by atoms with Crippen molar-refractivity contribution in [3.8, 4) is 17.2 Å². The van der Waals surface area contributed by atoms with Gasteiger partial charge in [-0.25, -0.2) is 4.98 Å². The average molecular weight is 392 g/mol. The van der Waals surface area contributed by atoms with Crippen LogP contribution in [0.4, 0.5) is 23.1 Å². The van der Waals surface area contributed by atoms with Gasteiger partial charge in [0.1, 0.15) is 24.8 Å². The third-order valence-electron chi connectivity index (χ3n) is 4.17. The molecule has 150 valence electrons. The zero-order chi connectivity index (χ0) is 20.2. The number of fused-ring (bicyclic) bond motifs is 1. The van der Waals surface area contributed by atoms with Crippen molar-refractivity contribution in [2.45, 2.75) is 26.9 Å². The Morgan fingerprint density at radius 1 is 0.931 bits per heavy atom. The molecule has 0 radical (unpaired) electrons. The highest BCUT2D eigenvalue weighted by atomic mass is 16.6. The van der Waals surface area contributed by atoms with E-state index in [0.29, 0.717) is 30.7 Å². The Morgan fingerprint density at radius 2 is 1.72 bits per heavy atom. The van der Waals surface area contributed by atoms with E-state index >= 15 is 0 Å². The number of rotatable bonds is 6. The van der Waals surface area contributed by atoms with Crippen LogP contribution < -0.4 is 24.8 Å². The van der Waals surface area contributed by atoms with Gasteiger partial charge in [0, 0.05) is 23.5 Å². The van der Waals surface area contributed by atoms with Crippen LogP contribution in [-0.2, 0) is 0 Å². The molecule has 3 aromatic rings. The molecular weight excluding hydrogens is 368 g/mol. The maximum absolute atomic E-state index is 5.88. The van der Waals surface area contributed by atoms with Gasteiger partial charge in [0.15, 0.2) is 11.5 Å². The molecule has 0 atom stereocenters. The fraction of sp³-hybridized carbons (Fsp3) is 0.273. The predicted octanol–water partition coefficient (Wildman–Crippen LogP) is 4.83. The van der Waals surface area contributed by atoms with Gasteiger partial charge >= 0.3 is 0 Å². The molecule has 2 N–H and O–H groups in total. The van der Waals surface area contributed by atoms with Crippen molar-refractivity contribution in [1.82, 2.24) is 9.97 Å².